The first-order valence-electron chi connectivity index (χ1n) is 13.3. The average molecular weight is 625 g/mol. The van der Waals surface area contributed by atoms with Crippen molar-refractivity contribution in [1.82, 2.24) is 0 Å². The number of hydrogen-bond donors (Lipinski definition) is 8. The summed E-state index contributed by atoms with van der Waals surface area (Å²) in [6.07, 6.45) is -16.9. The molecule has 8 atom stereocenters. The number of aliphatic hydroxyl groups is 8. The fourth-order valence-corrected chi connectivity index (χ4v) is 3.89. The maximum atomic E-state index is 13.0. The van der Waals surface area contributed by atoms with Gasteiger partial charge < -0.3 is 64.7 Å². The highest BCUT2D eigenvalue weighted by molar-refractivity contribution is 6.09. The Labute approximate surface area is 251 Å². The Morgan fingerprint density at radius 1 is 0.636 bits per heavy atom. The van der Waals surface area contributed by atoms with Crippen LogP contribution in [0.15, 0.2) is 54.6 Å². The maximum Gasteiger partial charge on any atom is 0.338 e. The van der Waals surface area contributed by atoms with E-state index in [0.717, 1.165) is 0 Å². The van der Waals surface area contributed by atoms with E-state index in [4.69, 9.17) is 24.4 Å². The molecule has 15 heteroatoms. The Kier molecular flexibility index (Phi) is 15.3. The van der Waals surface area contributed by atoms with Crippen LogP contribution in [0.25, 0.3) is 0 Å². The van der Waals surface area contributed by atoms with Crippen molar-refractivity contribution in [3.8, 4) is 0 Å². The lowest BCUT2D eigenvalue weighted by Gasteiger charge is -2.31. The van der Waals surface area contributed by atoms with Crippen molar-refractivity contribution >= 4 is 24.3 Å². The maximum absolute atomic E-state index is 13.0. The van der Waals surface area contributed by atoms with Gasteiger partial charge in [-0.05, 0) is 12.1 Å². The molecule has 0 saturated carbocycles. The van der Waals surface area contributed by atoms with Gasteiger partial charge in [-0.15, -0.1) is 0 Å². The molecule has 0 amide bonds. The normalized spacial score (nSPS) is 17.6. The van der Waals surface area contributed by atoms with Crippen LogP contribution < -0.4 is 0 Å². The first-order valence-corrected chi connectivity index (χ1v) is 13.3. The lowest BCUT2D eigenvalue weighted by Crippen LogP contribution is -2.50. The molecule has 2 aromatic rings. The molecule has 15 nitrogen and oxygen atoms in total. The Morgan fingerprint density at radius 3 is 1.45 bits per heavy atom. The number of aliphatic hydroxyl groups excluding tert-OH is 8. The third kappa shape index (κ3) is 10.3. The Bertz CT molecular complexity index is 1140. The molecule has 0 fully saturated rings. The van der Waals surface area contributed by atoms with Crippen molar-refractivity contribution in [3.05, 3.63) is 71.3 Å². The van der Waals surface area contributed by atoms with E-state index < -0.39 is 87.3 Å². The number of ether oxygens (including phenoxy) is 3. The van der Waals surface area contributed by atoms with E-state index >= 15 is 0 Å². The number of aldehydes is 2. The van der Waals surface area contributed by atoms with E-state index in [2.05, 4.69) is 0 Å². The van der Waals surface area contributed by atoms with Gasteiger partial charge in [-0.2, -0.15) is 0 Å². The van der Waals surface area contributed by atoms with Crippen LogP contribution in [0.2, 0.25) is 0 Å². The zero-order valence-electron chi connectivity index (χ0n) is 23.3. The largest absolute Gasteiger partial charge is 0.454 e. The molecule has 0 aliphatic rings. The first-order chi connectivity index (χ1) is 21.0. The van der Waals surface area contributed by atoms with Gasteiger partial charge in [0.1, 0.15) is 54.9 Å². The van der Waals surface area contributed by atoms with Crippen molar-refractivity contribution in [2.45, 2.75) is 54.9 Å². The summed E-state index contributed by atoms with van der Waals surface area (Å²) in [6.45, 7) is -3.45. The number of esters is 1. The number of ketones is 1. The minimum absolute atomic E-state index is 0.0170. The highest BCUT2D eigenvalue weighted by Gasteiger charge is 2.36. The molecular formula is C29H36O15. The van der Waals surface area contributed by atoms with Gasteiger partial charge in [0.2, 0.25) is 0 Å². The second kappa shape index (κ2) is 18.4. The minimum atomic E-state index is -2.01. The second-order valence-corrected chi connectivity index (χ2v) is 9.63. The van der Waals surface area contributed by atoms with Gasteiger partial charge in [0.25, 0.3) is 0 Å². The highest BCUT2D eigenvalue weighted by atomic mass is 16.6. The third-order valence-electron chi connectivity index (χ3n) is 6.43. The number of carbonyl (C=O) groups excluding carboxylic acids is 4. The van der Waals surface area contributed by atoms with Crippen molar-refractivity contribution in [3.63, 3.8) is 0 Å². The van der Waals surface area contributed by atoms with Crippen LogP contribution in [0.4, 0.5) is 0 Å². The van der Waals surface area contributed by atoms with E-state index in [1.54, 1.807) is 30.3 Å². The molecule has 2 rings (SSSR count). The molecular weight excluding hydrogens is 588 g/mol. The SMILES string of the molecule is O=C[C@H](O)[C@@H](OCC(CO[C@@H]([C@H](O)[C@H](O)CO)[C@@H](O)C=O)OC(=O)c1ccc(C(=O)c2ccccc2)cc1)[C@H](O)[C@H](O)CO. The average Bonchev–Trinajstić information content (AvgIpc) is 3.06. The molecule has 2 aromatic carbocycles. The molecule has 0 aliphatic carbocycles. The monoisotopic (exact) mass is 624 g/mol. The van der Waals surface area contributed by atoms with E-state index in [9.17, 15) is 49.8 Å². The van der Waals surface area contributed by atoms with Gasteiger partial charge in [-0.1, -0.05) is 42.5 Å². The minimum Gasteiger partial charge on any atom is -0.454 e. The number of hydrogen-bond acceptors (Lipinski definition) is 15. The predicted octanol–water partition coefficient (Wildman–Crippen LogP) is -3.24. The van der Waals surface area contributed by atoms with E-state index in [1.165, 1.54) is 24.3 Å². The summed E-state index contributed by atoms with van der Waals surface area (Å²) < 4.78 is 16.1. The van der Waals surface area contributed by atoms with Crippen molar-refractivity contribution in [2.75, 3.05) is 26.4 Å². The molecule has 0 heterocycles. The smallest absolute Gasteiger partial charge is 0.338 e. The standard InChI is InChI=1S/C29H36O15/c30-10-20(34)25(39)27(22(36)12-32)42-14-19(15-43-28(23(37)13-33)26(40)21(35)11-31)44-29(41)18-8-6-17(7-9-18)24(38)16-4-2-1-3-5-16/h1-9,12-13,19-23,25-28,30-31,34-37,39-40H,10-11,14-15H2/t20-,21-,22+,23+,25-,26-,27-,28-/m1/s1. The second-order valence-electron chi connectivity index (χ2n) is 9.63. The van der Waals surface area contributed by atoms with Gasteiger partial charge in [-0.25, -0.2) is 4.79 Å². The summed E-state index contributed by atoms with van der Waals surface area (Å²) in [7, 11) is 0. The van der Waals surface area contributed by atoms with E-state index in [-0.39, 0.29) is 29.5 Å². The van der Waals surface area contributed by atoms with Gasteiger partial charge in [0.05, 0.1) is 32.0 Å². The van der Waals surface area contributed by atoms with Gasteiger partial charge in [0.15, 0.2) is 18.4 Å². The van der Waals surface area contributed by atoms with Gasteiger partial charge >= 0.3 is 5.97 Å². The summed E-state index contributed by atoms with van der Waals surface area (Å²) >= 11 is 0. The highest BCUT2D eigenvalue weighted by Crippen LogP contribution is 2.16. The molecule has 242 valence electrons. The molecule has 0 saturated heterocycles. The first kappa shape index (κ1) is 36.7. The lowest BCUT2D eigenvalue weighted by atomic mass is 10.0. The molecule has 0 bridgehead atoms. The van der Waals surface area contributed by atoms with Crippen molar-refractivity contribution in [1.29, 1.82) is 0 Å². The summed E-state index contributed by atoms with van der Waals surface area (Å²) in [5.74, 6) is -1.32. The summed E-state index contributed by atoms with van der Waals surface area (Å²) in [5.41, 5.74) is 0.624. The molecule has 8 N–H and O–H groups in total. The Hall–Kier alpha value is -3.48. The fourth-order valence-electron chi connectivity index (χ4n) is 3.89. The number of benzene rings is 2. The summed E-state index contributed by atoms with van der Waals surface area (Å²) in [4.78, 5) is 48.0. The molecule has 0 unspecified atom stereocenters. The predicted molar refractivity (Wildman–Crippen MR) is 147 cm³/mol. The van der Waals surface area contributed by atoms with Crippen LogP contribution in [-0.2, 0) is 23.8 Å². The van der Waals surface area contributed by atoms with Gasteiger partial charge in [0, 0.05) is 11.1 Å². The summed E-state index contributed by atoms with van der Waals surface area (Å²) in [6, 6.07) is 13.7. The quantitative estimate of drug-likeness (QED) is 0.0409. The van der Waals surface area contributed by atoms with Crippen molar-refractivity contribution < 1.29 is 74.2 Å². The molecule has 44 heavy (non-hydrogen) atoms. The van der Waals surface area contributed by atoms with Crippen LogP contribution in [0, 0.1) is 0 Å². The fraction of sp³-hybridized carbons (Fsp3) is 0.448. The van der Waals surface area contributed by atoms with Crippen LogP contribution >= 0.6 is 0 Å². The van der Waals surface area contributed by atoms with E-state index in [0.29, 0.717) is 5.56 Å². The molecule has 0 radical (unpaired) electrons. The van der Waals surface area contributed by atoms with Gasteiger partial charge in [-0.3, -0.25) is 4.79 Å². The van der Waals surface area contributed by atoms with Crippen molar-refractivity contribution in [2.24, 2.45) is 0 Å². The van der Waals surface area contributed by atoms with Crippen LogP contribution in [0.1, 0.15) is 26.3 Å². The topological polar surface area (TPSA) is 258 Å². The zero-order chi connectivity index (χ0) is 32.8. The number of carbonyl (C=O) groups is 4. The molecule has 0 aromatic heterocycles. The van der Waals surface area contributed by atoms with Crippen LogP contribution in [0.3, 0.4) is 0 Å². The summed E-state index contributed by atoms with van der Waals surface area (Å²) in [5, 5.41) is 78.1. The Balaban J connectivity index is 2.28. The lowest BCUT2D eigenvalue weighted by molar-refractivity contribution is -0.174. The zero-order valence-corrected chi connectivity index (χ0v) is 23.3. The third-order valence-corrected chi connectivity index (χ3v) is 6.43. The number of rotatable bonds is 20. The Morgan fingerprint density at radius 2 is 1.05 bits per heavy atom. The molecule has 0 aliphatic heterocycles. The van der Waals surface area contributed by atoms with Crippen LogP contribution in [-0.4, -0.2) is 147 Å². The van der Waals surface area contributed by atoms with E-state index in [1.807, 2.05) is 0 Å². The van der Waals surface area contributed by atoms with Crippen LogP contribution in [0.5, 0.6) is 0 Å². The molecule has 0 spiro atoms.